The Morgan fingerprint density at radius 1 is 1.23 bits per heavy atom. The average Bonchev–Trinajstić information content (AvgIpc) is 2.82. The van der Waals surface area contributed by atoms with Crippen LogP contribution in [0.2, 0.25) is 5.02 Å². The van der Waals surface area contributed by atoms with Gasteiger partial charge in [0, 0.05) is 37.6 Å². The van der Waals surface area contributed by atoms with E-state index in [1.165, 1.54) is 6.42 Å². The molecular weight excluding hydrogens is 463 g/mol. The molecule has 1 aromatic carbocycles. The summed E-state index contributed by atoms with van der Waals surface area (Å²) in [6.07, 6.45) is 4.95. The van der Waals surface area contributed by atoms with E-state index in [9.17, 15) is 4.79 Å². The van der Waals surface area contributed by atoms with Gasteiger partial charge in [-0.25, -0.2) is 4.99 Å². The van der Waals surface area contributed by atoms with Crippen LogP contribution in [0.4, 0.5) is 0 Å². The Kier molecular flexibility index (Phi) is 11.7. The number of carbonyl (C=O) groups excluding carboxylic acids is 1. The first kappa shape index (κ1) is 23.0. The van der Waals surface area contributed by atoms with Crippen molar-refractivity contribution in [1.82, 2.24) is 15.5 Å². The molecule has 1 aromatic rings. The van der Waals surface area contributed by atoms with Crippen molar-refractivity contribution in [3.63, 3.8) is 0 Å². The van der Waals surface area contributed by atoms with Gasteiger partial charge in [0.25, 0.3) is 0 Å². The fourth-order valence-electron chi connectivity index (χ4n) is 2.88. The lowest BCUT2D eigenvalue weighted by atomic mass is 10.2. The van der Waals surface area contributed by atoms with Gasteiger partial charge < -0.3 is 15.5 Å². The standard InChI is InChI=1S/C19H29ClN4O.HI/c1-2-21-19(23-15-16-9-5-6-10-17(16)20)22-12-8-14-24-13-7-3-4-11-18(24)25;/h5-6,9-10H,2-4,7-8,11-15H2,1H3,(H2,21,22,23);1H. The summed E-state index contributed by atoms with van der Waals surface area (Å²) in [5, 5.41) is 7.32. The summed E-state index contributed by atoms with van der Waals surface area (Å²) in [5.41, 5.74) is 1.01. The summed E-state index contributed by atoms with van der Waals surface area (Å²) in [5.74, 6) is 1.08. The predicted octanol–water partition coefficient (Wildman–Crippen LogP) is 3.81. The van der Waals surface area contributed by atoms with Crippen LogP contribution in [0.1, 0.15) is 44.6 Å². The summed E-state index contributed by atoms with van der Waals surface area (Å²) in [7, 11) is 0. The van der Waals surface area contributed by atoms with Crippen LogP contribution in [0.25, 0.3) is 0 Å². The Balaban J connectivity index is 0.00000338. The van der Waals surface area contributed by atoms with Crippen molar-refractivity contribution in [2.24, 2.45) is 4.99 Å². The number of nitrogens with one attached hydrogen (secondary N) is 2. The fraction of sp³-hybridized carbons (Fsp3) is 0.579. The van der Waals surface area contributed by atoms with Crippen LogP contribution in [-0.4, -0.2) is 42.9 Å². The Labute approximate surface area is 179 Å². The third kappa shape index (κ3) is 8.12. The number of guanidine groups is 1. The highest BCUT2D eigenvalue weighted by Gasteiger charge is 2.15. The zero-order valence-electron chi connectivity index (χ0n) is 15.5. The topological polar surface area (TPSA) is 56.7 Å². The Morgan fingerprint density at radius 2 is 2.04 bits per heavy atom. The number of hydrogen-bond donors (Lipinski definition) is 2. The van der Waals surface area contributed by atoms with E-state index in [1.54, 1.807) is 0 Å². The van der Waals surface area contributed by atoms with Gasteiger partial charge in [-0.05, 0) is 37.8 Å². The highest BCUT2D eigenvalue weighted by molar-refractivity contribution is 14.0. The molecule has 7 heteroatoms. The second kappa shape index (κ2) is 13.2. The summed E-state index contributed by atoms with van der Waals surface area (Å²) in [4.78, 5) is 18.6. The first-order valence-corrected chi connectivity index (χ1v) is 9.62. The molecule has 0 spiro atoms. The average molecular weight is 493 g/mol. The summed E-state index contributed by atoms with van der Waals surface area (Å²) in [6, 6.07) is 7.75. The lowest BCUT2D eigenvalue weighted by Gasteiger charge is -2.20. The van der Waals surface area contributed by atoms with Gasteiger partial charge in [-0.3, -0.25) is 4.79 Å². The quantitative estimate of drug-likeness (QED) is 0.263. The SMILES string of the molecule is CCNC(=NCc1ccccc1Cl)NCCCN1CCCCCC1=O.I. The van der Waals surface area contributed by atoms with Gasteiger partial charge in [0.2, 0.25) is 5.91 Å². The molecule has 0 aliphatic carbocycles. The molecular formula is C19H30ClIN4O. The van der Waals surface area contributed by atoms with Crippen LogP contribution in [0, 0.1) is 0 Å². The van der Waals surface area contributed by atoms with Crippen molar-refractivity contribution < 1.29 is 4.79 Å². The summed E-state index contributed by atoms with van der Waals surface area (Å²) in [6.45, 7) is 5.90. The van der Waals surface area contributed by atoms with Crippen LogP contribution in [0.3, 0.4) is 0 Å². The molecule has 0 saturated carbocycles. The van der Waals surface area contributed by atoms with Crippen molar-refractivity contribution in [3.05, 3.63) is 34.9 Å². The molecule has 26 heavy (non-hydrogen) atoms. The Hall–Kier alpha value is -1.02. The van der Waals surface area contributed by atoms with E-state index in [0.717, 1.165) is 62.0 Å². The smallest absolute Gasteiger partial charge is 0.222 e. The molecule has 1 aliphatic heterocycles. The lowest BCUT2D eigenvalue weighted by Crippen LogP contribution is -2.39. The molecule has 5 nitrogen and oxygen atoms in total. The first-order valence-electron chi connectivity index (χ1n) is 9.24. The molecule has 146 valence electrons. The van der Waals surface area contributed by atoms with Crippen molar-refractivity contribution in [2.75, 3.05) is 26.2 Å². The van der Waals surface area contributed by atoms with Crippen molar-refractivity contribution in [2.45, 2.75) is 45.6 Å². The molecule has 1 fully saturated rings. The number of benzene rings is 1. The van der Waals surface area contributed by atoms with Gasteiger partial charge in [0.15, 0.2) is 5.96 Å². The molecule has 1 heterocycles. The minimum Gasteiger partial charge on any atom is -0.357 e. The second-order valence-corrected chi connectivity index (χ2v) is 6.67. The number of rotatable bonds is 7. The number of hydrogen-bond acceptors (Lipinski definition) is 2. The molecule has 2 rings (SSSR count). The van der Waals surface area contributed by atoms with E-state index in [1.807, 2.05) is 36.1 Å². The number of nitrogens with zero attached hydrogens (tertiary/aromatic N) is 2. The van der Waals surface area contributed by atoms with Gasteiger partial charge in [-0.15, -0.1) is 24.0 Å². The third-order valence-electron chi connectivity index (χ3n) is 4.28. The zero-order valence-corrected chi connectivity index (χ0v) is 18.6. The Bertz CT molecular complexity index is 582. The number of likely N-dealkylation sites (tertiary alicyclic amines) is 1. The van der Waals surface area contributed by atoms with Crippen molar-refractivity contribution in [3.8, 4) is 0 Å². The highest BCUT2D eigenvalue weighted by atomic mass is 127. The van der Waals surface area contributed by atoms with E-state index in [-0.39, 0.29) is 24.0 Å². The van der Waals surface area contributed by atoms with Gasteiger partial charge in [0.1, 0.15) is 0 Å². The number of halogens is 2. The van der Waals surface area contributed by atoms with E-state index >= 15 is 0 Å². The molecule has 0 bridgehead atoms. The van der Waals surface area contributed by atoms with E-state index in [2.05, 4.69) is 15.6 Å². The molecule has 2 N–H and O–H groups in total. The summed E-state index contributed by atoms with van der Waals surface area (Å²) >= 11 is 6.18. The van der Waals surface area contributed by atoms with Gasteiger partial charge in [-0.2, -0.15) is 0 Å². The maximum Gasteiger partial charge on any atom is 0.222 e. The van der Waals surface area contributed by atoms with Crippen LogP contribution < -0.4 is 10.6 Å². The maximum atomic E-state index is 12.0. The van der Waals surface area contributed by atoms with Crippen LogP contribution in [0.5, 0.6) is 0 Å². The second-order valence-electron chi connectivity index (χ2n) is 6.26. The zero-order chi connectivity index (χ0) is 17.9. The number of aliphatic imine (C=N–C) groups is 1. The van der Waals surface area contributed by atoms with Gasteiger partial charge in [-0.1, -0.05) is 36.2 Å². The Morgan fingerprint density at radius 3 is 2.81 bits per heavy atom. The minimum absolute atomic E-state index is 0. The monoisotopic (exact) mass is 492 g/mol. The number of carbonyl (C=O) groups is 1. The highest BCUT2D eigenvalue weighted by Crippen LogP contribution is 2.15. The molecule has 1 saturated heterocycles. The molecule has 0 aromatic heterocycles. The first-order chi connectivity index (χ1) is 12.2. The summed E-state index contributed by atoms with van der Waals surface area (Å²) < 4.78 is 0. The number of amides is 1. The largest absolute Gasteiger partial charge is 0.357 e. The molecule has 1 aliphatic rings. The third-order valence-corrected chi connectivity index (χ3v) is 4.65. The van der Waals surface area contributed by atoms with E-state index in [0.29, 0.717) is 18.9 Å². The van der Waals surface area contributed by atoms with Crippen molar-refractivity contribution in [1.29, 1.82) is 0 Å². The minimum atomic E-state index is 0. The van der Waals surface area contributed by atoms with Crippen LogP contribution >= 0.6 is 35.6 Å². The molecule has 0 atom stereocenters. The fourth-order valence-corrected chi connectivity index (χ4v) is 3.08. The van der Waals surface area contributed by atoms with E-state index in [4.69, 9.17) is 11.6 Å². The van der Waals surface area contributed by atoms with Gasteiger partial charge >= 0.3 is 0 Å². The lowest BCUT2D eigenvalue weighted by molar-refractivity contribution is -0.130. The van der Waals surface area contributed by atoms with Crippen molar-refractivity contribution >= 4 is 47.4 Å². The predicted molar refractivity (Wildman–Crippen MR) is 119 cm³/mol. The van der Waals surface area contributed by atoms with Gasteiger partial charge in [0.05, 0.1) is 6.54 Å². The van der Waals surface area contributed by atoms with E-state index < -0.39 is 0 Å². The van der Waals surface area contributed by atoms with Crippen LogP contribution in [-0.2, 0) is 11.3 Å². The maximum absolute atomic E-state index is 12.0. The molecule has 0 unspecified atom stereocenters. The van der Waals surface area contributed by atoms with Crippen LogP contribution in [0.15, 0.2) is 29.3 Å². The molecule has 0 radical (unpaired) electrons. The molecule has 1 amide bonds. The normalized spacial score (nSPS) is 15.2.